The molecule has 0 spiro atoms. The predicted octanol–water partition coefficient (Wildman–Crippen LogP) is 2.32. The van der Waals surface area contributed by atoms with Crippen LogP contribution >= 0.6 is 0 Å². The molecule has 3 N–H and O–H groups in total. The van der Waals surface area contributed by atoms with E-state index < -0.39 is 12.5 Å². The normalized spacial score (nSPS) is 23.4. The number of carbonyl (C=O) groups excluding carboxylic acids is 2. The Labute approximate surface area is 223 Å². The van der Waals surface area contributed by atoms with Crippen LogP contribution < -0.4 is 20.9 Å². The van der Waals surface area contributed by atoms with E-state index in [9.17, 15) is 18.4 Å². The first-order valence-electron chi connectivity index (χ1n) is 13.3. The molecule has 3 aromatic rings. The lowest BCUT2D eigenvalue weighted by atomic mass is 9.86. The molecule has 1 aliphatic carbocycles. The Hall–Kier alpha value is -3.87. The van der Waals surface area contributed by atoms with Crippen LogP contribution in [0.1, 0.15) is 44.4 Å². The minimum atomic E-state index is -2.79. The van der Waals surface area contributed by atoms with Crippen LogP contribution in [0.5, 0.6) is 0 Å². The average molecular weight is 541 g/mol. The van der Waals surface area contributed by atoms with E-state index in [-0.39, 0.29) is 29.7 Å². The first-order chi connectivity index (χ1) is 18.9. The molecule has 39 heavy (non-hydrogen) atoms. The molecule has 3 fully saturated rings. The molecule has 1 aromatic carbocycles. The number of imidazole rings is 1. The Morgan fingerprint density at radius 3 is 2.67 bits per heavy atom. The summed E-state index contributed by atoms with van der Waals surface area (Å²) < 4.78 is 35.0. The number of nitrogens with one attached hydrogen (secondary N) is 3. The summed E-state index contributed by atoms with van der Waals surface area (Å²) in [6.07, 6.45) is 0.369. The topological polar surface area (TPSA) is 126 Å². The van der Waals surface area contributed by atoms with Gasteiger partial charge >= 0.3 is 0 Å². The van der Waals surface area contributed by atoms with Crippen LogP contribution in [0.2, 0.25) is 0 Å². The maximum Gasteiger partial charge on any atom is 0.296 e. The van der Waals surface area contributed by atoms with Gasteiger partial charge in [-0.2, -0.15) is 9.97 Å². The molecule has 0 bridgehead atoms. The third-order valence-electron chi connectivity index (χ3n) is 7.39. The summed E-state index contributed by atoms with van der Waals surface area (Å²) in [7, 11) is 0. The fourth-order valence-corrected chi connectivity index (χ4v) is 5.31. The molecular weight excluding hydrogens is 510 g/mol. The fourth-order valence-electron chi connectivity index (χ4n) is 5.31. The number of amides is 2. The predicted molar refractivity (Wildman–Crippen MR) is 139 cm³/mol. The second-order valence-electron chi connectivity index (χ2n) is 10.1. The number of nitrogens with zero attached hydrogens (tertiary/aromatic N) is 5. The summed E-state index contributed by atoms with van der Waals surface area (Å²) in [5.74, 6) is 0.607. The average Bonchev–Trinajstić information content (AvgIpc) is 3.32. The molecule has 4 heterocycles. The van der Waals surface area contributed by atoms with Gasteiger partial charge in [0.15, 0.2) is 5.82 Å². The molecule has 1 unspecified atom stereocenters. The molecule has 2 saturated heterocycles. The molecule has 206 valence electrons. The quantitative estimate of drug-likeness (QED) is 0.417. The molecule has 11 nitrogen and oxygen atoms in total. The zero-order valence-corrected chi connectivity index (χ0v) is 21.3. The number of carbonyl (C=O) groups is 2. The van der Waals surface area contributed by atoms with Crippen molar-refractivity contribution in [3.63, 3.8) is 0 Å². The standard InChI is InChI=1S/C26H30F2N8O3/c27-23(28)24-32-17-4-1-2-6-19(17)36(24)21-14-20(33-26(34-21)35-8-10-39-11-9-35)29-15-12-16(13-15)30-25(38)18-5-3-7-22(37)31-18/h1-2,4,6,14-16,18,23H,3,5,7-13H2,(H,30,38)(H,31,37)(H,29,33,34). The van der Waals surface area contributed by atoms with Gasteiger partial charge in [-0.05, 0) is 37.8 Å². The lowest BCUT2D eigenvalue weighted by molar-refractivity contribution is -0.131. The first-order valence-corrected chi connectivity index (χ1v) is 13.3. The number of alkyl halides is 2. The zero-order valence-electron chi connectivity index (χ0n) is 21.3. The van der Waals surface area contributed by atoms with Crippen molar-refractivity contribution in [2.45, 2.75) is 56.7 Å². The van der Waals surface area contributed by atoms with E-state index in [0.717, 1.165) is 0 Å². The second-order valence-corrected chi connectivity index (χ2v) is 10.1. The van der Waals surface area contributed by atoms with Crippen molar-refractivity contribution in [2.75, 3.05) is 36.5 Å². The highest BCUT2D eigenvalue weighted by atomic mass is 19.3. The summed E-state index contributed by atoms with van der Waals surface area (Å²) in [6.45, 7) is 2.23. The highest BCUT2D eigenvalue weighted by molar-refractivity contribution is 5.88. The Morgan fingerprint density at radius 2 is 1.90 bits per heavy atom. The van der Waals surface area contributed by atoms with E-state index in [4.69, 9.17) is 9.72 Å². The zero-order chi connectivity index (χ0) is 26.9. The third-order valence-corrected chi connectivity index (χ3v) is 7.39. The molecule has 2 aromatic heterocycles. The van der Waals surface area contributed by atoms with E-state index in [2.05, 4.69) is 25.9 Å². The summed E-state index contributed by atoms with van der Waals surface area (Å²) in [5.41, 5.74) is 0.993. The number of benzene rings is 1. The molecular formula is C26H30F2N8O3. The van der Waals surface area contributed by atoms with Crippen LogP contribution in [0, 0.1) is 0 Å². The van der Waals surface area contributed by atoms with Crippen LogP contribution in [-0.2, 0) is 14.3 Å². The smallest absolute Gasteiger partial charge is 0.296 e. The van der Waals surface area contributed by atoms with Crippen molar-refractivity contribution in [3.8, 4) is 5.82 Å². The van der Waals surface area contributed by atoms with Crippen molar-refractivity contribution in [1.29, 1.82) is 0 Å². The summed E-state index contributed by atoms with van der Waals surface area (Å²) >= 11 is 0. The van der Waals surface area contributed by atoms with E-state index in [0.29, 0.717) is 87.0 Å². The number of hydrogen-bond donors (Lipinski definition) is 3. The van der Waals surface area contributed by atoms with Crippen molar-refractivity contribution < 1.29 is 23.1 Å². The molecule has 2 aliphatic heterocycles. The Kier molecular flexibility index (Phi) is 6.98. The van der Waals surface area contributed by atoms with Crippen LogP contribution in [0.15, 0.2) is 30.3 Å². The van der Waals surface area contributed by atoms with Gasteiger partial charge in [-0.25, -0.2) is 13.8 Å². The lowest BCUT2D eigenvalue weighted by Gasteiger charge is -2.38. The highest BCUT2D eigenvalue weighted by Gasteiger charge is 2.34. The number of fused-ring (bicyclic) bond motifs is 1. The number of aromatic nitrogens is 4. The number of piperidine rings is 1. The van der Waals surface area contributed by atoms with Gasteiger partial charge in [-0.1, -0.05) is 12.1 Å². The van der Waals surface area contributed by atoms with Gasteiger partial charge in [-0.3, -0.25) is 14.2 Å². The number of halogens is 2. The maximum absolute atomic E-state index is 14.1. The minimum absolute atomic E-state index is 0.0168. The van der Waals surface area contributed by atoms with Gasteiger partial charge in [0, 0.05) is 37.7 Å². The van der Waals surface area contributed by atoms with Crippen molar-refractivity contribution >= 4 is 34.6 Å². The van der Waals surface area contributed by atoms with E-state index >= 15 is 0 Å². The first kappa shape index (κ1) is 25.4. The van der Waals surface area contributed by atoms with Crippen LogP contribution in [0.25, 0.3) is 16.9 Å². The van der Waals surface area contributed by atoms with Crippen molar-refractivity contribution in [1.82, 2.24) is 30.2 Å². The molecule has 2 amide bonds. The van der Waals surface area contributed by atoms with Gasteiger partial charge in [-0.15, -0.1) is 0 Å². The summed E-state index contributed by atoms with van der Waals surface area (Å²) in [6, 6.07) is 8.17. The van der Waals surface area contributed by atoms with Gasteiger partial charge in [0.25, 0.3) is 6.43 Å². The van der Waals surface area contributed by atoms with Gasteiger partial charge in [0.05, 0.1) is 24.2 Å². The Balaban J connectivity index is 1.22. The van der Waals surface area contributed by atoms with Gasteiger partial charge in [0.2, 0.25) is 17.8 Å². The number of anilines is 2. The highest BCUT2D eigenvalue weighted by Crippen LogP contribution is 2.30. The number of morpholine rings is 1. The summed E-state index contributed by atoms with van der Waals surface area (Å²) in [5, 5.41) is 9.16. The van der Waals surface area contributed by atoms with Crippen LogP contribution in [-0.4, -0.2) is 75.8 Å². The third kappa shape index (κ3) is 5.35. The number of ether oxygens (including phenoxy) is 1. The number of para-hydroxylation sites is 2. The molecule has 6 rings (SSSR count). The van der Waals surface area contributed by atoms with Crippen molar-refractivity contribution in [2.24, 2.45) is 0 Å². The van der Waals surface area contributed by atoms with Gasteiger partial charge < -0.3 is 25.6 Å². The molecule has 1 atom stereocenters. The monoisotopic (exact) mass is 540 g/mol. The number of hydrogen-bond acceptors (Lipinski definition) is 8. The lowest BCUT2D eigenvalue weighted by Crippen LogP contribution is -2.56. The SMILES string of the molecule is O=C1CCCC(C(=O)NC2CC(Nc3cc(-n4c(C(F)F)nc5ccccc54)nc(N4CCOCC4)n3)C2)N1. The molecule has 0 radical (unpaired) electrons. The van der Waals surface area contributed by atoms with Gasteiger partial charge in [0.1, 0.15) is 17.7 Å². The number of rotatable bonds is 7. The molecule has 1 saturated carbocycles. The maximum atomic E-state index is 14.1. The van der Waals surface area contributed by atoms with E-state index in [1.165, 1.54) is 4.57 Å². The fraction of sp³-hybridized carbons (Fsp3) is 0.500. The Morgan fingerprint density at radius 1 is 1.10 bits per heavy atom. The Bertz CT molecular complexity index is 1370. The van der Waals surface area contributed by atoms with Crippen molar-refractivity contribution in [3.05, 3.63) is 36.2 Å². The van der Waals surface area contributed by atoms with E-state index in [1.807, 2.05) is 4.90 Å². The molecule has 13 heteroatoms. The van der Waals surface area contributed by atoms with E-state index in [1.54, 1.807) is 30.3 Å². The van der Waals surface area contributed by atoms with Crippen LogP contribution in [0.4, 0.5) is 20.5 Å². The van der Waals surface area contributed by atoms with Crippen LogP contribution in [0.3, 0.4) is 0 Å². The molecule has 3 aliphatic rings. The largest absolute Gasteiger partial charge is 0.378 e. The minimum Gasteiger partial charge on any atom is -0.378 e. The second kappa shape index (κ2) is 10.7. The summed E-state index contributed by atoms with van der Waals surface area (Å²) in [4.78, 5) is 39.7.